The van der Waals surface area contributed by atoms with E-state index in [0.717, 1.165) is 47.3 Å². The van der Waals surface area contributed by atoms with Crippen LogP contribution in [-0.4, -0.2) is 28.6 Å². The van der Waals surface area contributed by atoms with Crippen LogP contribution in [0, 0.1) is 0 Å². The predicted octanol–water partition coefficient (Wildman–Crippen LogP) is 4.58. The quantitative estimate of drug-likeness (QED) is 0.587. The van der Waals surface area contributed by atoms with Crippen LogP contribution in [0.2, 0.25) is 0 Å². The van der Waals surface area contributed by atoms with Crippen molar-refractivity contribution in [3.05, 3.63) is 65.0 Å². The summed E-state index contributed by atoms with van der Waals surface area (Å²) < 4.78 is 13.5. The summed E-state index contributed by atoms with van der Waals surface area (Å²) >= 11 is 1.66. The third-order valence-electron chi connectivity index (χ3n) is 4.89. The number of hydrogen-bond donors (Lipinski definition) is 1. The van der Waals surface area contributed by atoms with Crippen molar-refractivity contribution < 1.29 is 9.47 Å². The van der Waals surface area contributed by atoms with Gasteiger partial charge in [0.2, 0.25) is 5.16 Å². The molecule has 0 spiro atoms. The summed E-state index contributed by atoms with van der Waals surface area (Å²) in [4.78, 5) is 0. The van der Waals surface area contributed by atoms with Gasteiger partial charge in [-0.3, -0.25) is 0 Å². The number of benzene rings is 2. The third-order valence-corrected chi connectivity index (χ3v) is 5.96. The standard InChI is InChI=1S/C22H26N4O2S/c1-4-9-16-13-17(19(28-5-2)14-18(16)27-3)21-25-26-20(23-24-22(26)29-21)12-15-10-7-6-8-11-15/h6-8,10-11,13-14,21,25H,4-5,9,12H2,1-3H3. The van der Waals surface area contributed by atoms with E-state index in [1.54, 1.807) is 18.9 Å². The van der Waals surface area contributed by atoms with Crippen LogP contribution in [-0.2, 0) is 12.8 Å². The molecule has 0 bridgehead atoms. The number of methoxy groups -OCH3 is 1. The first-order chi connectivity index (χ1) is 14.2. The second-order valence-electron chi connectivity index (χ2n) is 6.91. The summed E-state index contributed by atoms with van der Waals surface area (Å²) in [5.74, 6) is 2.63. The second-order valence-corrected chi connectivity index (χ2v) is 7.98. The first kappa shape index (κ1) is 19.6. The van der Waals surface area contributed by atoms with Crippen LogP contribution < -0.4 is 14.9 Å². The molecule has 2 heterocycles. The maximum absolute atomic E-state index is 5.95. The minimum Gasteiger partial charge on any atom is -0.496 e. The molecule has 0 fully saturated rings. The highest BCUT2D eigenvalue weighted by atomic mass is 32.2. The van der Waals surface area contributed by atoms with Crippen molar-refractivity contribution in [1.29, 1.82) is 0 Å². The maximum Gasteiger partial charge on any atom is 0.212 e. The topological polar surface area (TPSA) is 61.2 Å². The van der Waals surface area contributed by atoms with Crippen molar-refractivity contribution in [2.24, 2.45) is 0 Å². The van der Waals surface area contributed by atoms with Gasteiger partial charge in [0.25, 0.3) is 0 Å². The minimum atomic E-state index is 0.0121. The molecule has 6 nitrogen and oxygen atoms in total. The molecule has 29 heavy (non-hydrogen) atoms. The molecular weight excluding hydrogens is 384 g/mol. The Hall–Kier alpha value is -2.67. The molecule has 1 N–H and O–H groups in total. The van der Waals surface area contributed by atoms with Crippen LogP contribution >= 0.6 is 11.8 Å². The number of hydrogen-bond acceptors (Lipinski definition) is 6. The highest BCUT2D eigenvalue weighted by Crippen LogP contribution is 2.44. The summed E-state index contributed by atoms with van der Waals surface area (Å²) in [7, 11) is 1.71. The largest absolute Gasteiger partial charge is 0.496 e. The first-order valence-electron chi connectivity index (χ1n) is 9.98. The highest BCUT2D eigenvalue weighted by molar-refractivity contribution is 7.99. The van der Waals surface area contributed by atoms with E-state index in [2.05, 4.69) is 40.7 Å². The number of fused-ring (bicyclic) bond motifs is 1. The number of nitrogens with one attached hydrogen (secondary N) is 1. The normalized spacial score (nSPS) is 15.1. The molecule has 0 aliphatic carbocycles. The van der Waals surface area contributed by atoms with Gasteiger partial charge in [-0.2, -0.15) is 0 Å². The molecule has 0 saturated heterocycles. The fourth-order valence-electron chi connectivity index (χ4n) is 3.55. The van der Waals surface area contributed by atoms with E-state index < -0.39 is 0 Å². The van der Waals surface area contributed by atoms with Gasteiger partial charge in [-0.15, -0.1) is 10.2 Å². The molecule has 0 amide bonds. The van der Waals surface area contributed by atoms with Gasteiger partial charge in [0, 0.05) is 18.1 Å². The van der Waals surface area contributed by atoms with Crippen LogP contribution in [0.15, 0.2) is 47.6 Å². The number of aromatic nitrogens is 3. The molecular formula is C22H26N4O2S. The van der Waals surface area contributed by atoms with E-state index in [1.807, 2.05) is 35.9 Å². The number of aryl methyl sites for hydroxylation is 1. The van der Waals surface area contributed by atoms with Gasteiger partial charge >= 0.3 is 0 Å². The third kappa shape index (κ3) is 4.05. The van der Waals surface area contributed by atoms with E-state index in [1.165, 1.54) is 11.1 Å². The van der Waals surface area contributed by atoms with Gasteiger partial charge in [0.05, 0.1) is 13.7 Å². The molecule has 0 radical (unpaired) electrons. The second kappa shape index (κ2) is 8.78. The smallest absolute Gasteiger partial charge is 0.212 e. The zero-order valence-electron chi connectivity index (χ0n) is 17.0. The van der Waals surface area contributed by atoms with E-state index >= 15 is 0 Å². The molecule has 2 aromatic carbocycles. The number of nitrogens with zero attached hydrogens (tertiary/aromatic N) is 3. The number of ether oxygens (including phenoxy) is 2. The number of rotatable bonds is 8. The average Bonchev–Trinajstić information content (AvgIpc) is 3.32. The lowest BCUT2D eigenvalue weighted by molar-refractivity contribution is 0.332. The molecule has 1 aromatic heterocycles. The van der Waals surface area contributed by atoms with Crippen molar-refractivity contribution >= 4 is 11.8 Å². The molecule has 7 heteroatoms. The Kier molecular flexibility index (Phi) is 5.94. The molecule has 152 valence electrons. The molecule has 1 aliphatic heterocycles. The van der Waals surface area contributed by atoms with Gasteiger partial charge in [-0.1, -0.05) is 55.4 Å². The Balaban J connectivity index is 1.62. The lowest BCUT2D eigenvalue weighted by Crippen LogP contribution is -2.17. The van der Waals surface area contributed by atoms with Crippen molar-refractivity contribution in [3.8, 4) is 11.5 Å². The van der Waals surface area contributed by atoms with Crippen molar-refractivity contribution in [1.82, 2.24) is 14.9 Å². The Labute approximate surface area is 175 Å². The Morgan fingerprint density at radius 1 is 1.10 bits per heavy atom. The van der Waals surface area contributed by atoms with E-state index in [4.69, 9.17) is 9.47 Å². The molecule has 4 rings (SSSR count). The fraction of sp³-hybridized carbons (Fsp3) is 0.364. The van der Waals surface area contributed by atoms with E-state index in [9.17, 15) is 0 Å². The summed E-state index contributed by atoms with van der Waals surface area (Å²) in [5.41, 5.74) is 7.08. The van der Waals surface area contributed by atoms with Gasteiger partial charge in [-0.05, 0) is 30.5 Å². The van der Waals surface area contributed by atoms with E-state index in [-0.39, 0.29) is 5.37 Å². The lowest BCUT2D eigenvalue weighted by Gasteiger charge is -2.19. The molecule has 1 aliphatic rings. The van der Waals surface area contributed by atoms with Gasteiger partial charge in [-0.25, -0.2) is 4.68 Å². The Morgan fingerprint density at radius 3 is 2.66 bits per heavy atom. The van der Waals surface area contributed by atoms with E-state index in [0.29, 0.717) is 6.61 Å². The highest BCUT2D eigenvalue weighted by Gasteiger charge is 2.30. The number of thioether (sulfide) groups is 1. The van der Waals surface area contributed by atoms with Crippen LogP contribution in [0.4, 0.5) is 0 Å². The van der Waals surface area contributed by atoms with Crippen LogP contribution in [0.25, 0.3) is 0 Å². The Morgan fingerprint density at radius 2 is 1.93 bits per heavy atom. The zero-order valence-corrected chi connectivity index (χ0v) is 17.8. The van der Waals surface area contributed by atoms with Crippen molar-refractivity contribution in [3.63, 3.8) is 0 Å². The van der Waals surface area contributed by atoms with Crippen LogP contribution in [0.5, 0.6) is 11.5 Å². The fourth-order valence-corrected chi connectivity index (χ4v) is 4.58. The maximum atomic E-state index is 5.95. The predicted molar refractivity (Wildman–Crippen MR) is 115 cm³/mol. The van der Waals surface area contributed by atoms with Gasteiger partial charge in [0.15, 0.2) is 5.82 Å². The van der Waals surface area contributed by atoms with Crippen LogP contribution in [0.1, 0.15) is 48.2 Å². The summed E-state index contributed by atoms with van der Waals surface area (Å²) in [6.45, 7) is 4.78. The summed E-state index contributed by atoms with van der Waals surface area (Å²) in [5, 5.41) is 9.64. The lowest BCUT2D eigenvalue weighted by atomic mass is 10.0. The van der Waals surface area contributed by atoms with Gasteiger partial charge in [0.1, 0.15) is 16.9 Å². The monoisotopic (exact) mass is 410 g/mol. The summed E-state index contributed by atoms with van der Waals surface area (Å²) in [6.07, 6.45) is 2.75. The van der Waals surface area contributed by atoms with Crippen molar-refractivity contribution in [2.45, 2.75) is 43.6 Å². The van der Waals surface area contributed by atoms with Crippen molar-refractivity contribution in [2.75, 3.05) is 19.1 Å². The summed E-state index contributed by atoms with van der Waals surface area (Å²) in [6, 6.07) is 14.5. The minimum absolute atomic E-state index is 0.0121. The Bertz CT molecular complexity index is 974. The molecule has 1 unspecified atom stereocenters. The first-order valence-corrected chi connectivity index (χ1v) is 10.9. The van der Waals surface area contributed by atoms with Gasteiger partial charge < -0.3 is 14.9 Å². The molecule has 3 aromatic rings. The molecule has 1 atom stereocenters. The average molecular weight is 411 g/mol. The molecule has 0 saturated carbocycles. The van der Waals surface area contributed by atoms with Crippen LogP contribution in [0.3, 0.4) is 0 Å². The zero-order chi connectivity index (χ0) is 20.2. The SMILES string of the molecule is CCCc1cc(C2Nn3c(Cc4ccccc4)nnc3S2)c(OCC)cc1OC.